The van der Waals surface area contributed by atoms with Gasteiger partial charge in [0.2, 0.25) is 0 Å². The van der Waals surface area contributed by atoms with E-state index in [4.69, 9.17) is 16.9 Å². The van der Waals surface area contributed by atoms with Crippen molar-refractivity contribution in [1.82, 2.24) is 5.32 Å². The van der Waals surface area contributed by atoms with Crippen LogP contribution in [-0.2, 0) is 4.79 Å². The third kappa shape index (κ3) is 2.85. The van der Waals surface area contributed by atoms with Gasteiger partial charge in [0.05, 0.1) is 6.07 Å². The molecule has 0 radical (unpaired) electrons. The summed E-state index contributed by atoms with van der Waals surface area (Å²) in [5.74, 6) is -5.57. The molecule has 0 saturated heterocycles. The molecule has 1 aliphatic carbocycles. The molecule has 0 bridgehead atoms. The molecule has 0 spiro atoms. The molecule has 2 N–H and O–H groups in total. The van der Waals surface area contributed by atoms with E-state index in [9.17, 15) is 18.7 Å². The van der Waals surface area contributed by atoms with E-state index in [-0.39, 0.29) is 12.8 Å². The minimum absolute atomic E-state index is 0.133. The maximum atomic E-state index is 13.9. The van der Waals surface area contributed by atoms with Crippen LogP contribution in [0.25, 0.3) is 0 Å². The highest BCUT2D eigenvalue weighted by molar-refractivity contribution is 6.30. The van der Waals surface area contributed by atoms with Gasteiger partial charge in [0.1, 0.15) is 11.6 Å². The standard InChI is InChI=1S/C14H13ClF2N2O2/c15-10-4-2-9(3-5-10)11(8-18)19-12(20)14(16,17)13(21)6-1-7-13/h2-5,11,21H,1,6-7H2,(H,19,20). The quantitative estimate of drug-likeness (QED) is 0.897. The van der Waals surface area contributed by atoms with E-state index in [1.54, 1.807) is 6.07 Å². The second-order valence-electron chi connectivity index (χ2n) is 5.05. The predicted molar refractivity (Wildman–Crippen MR) is 71.7 cm³/mol. The van der Waals surface area contributed by atoms with Crippen molar-refractivity contribution < 1.29 is 18.7 Å². The van der Waals surface area contributed by atoms with E-state index in [0.29, 0.717) is 17.0 Å². The van der Waals surface area contributed by atoms with Crippen molar-refractivity contribution in [3.8, 4) is 6.07 Å². The highest BCUT2D eigenvalue weighted by atomic mass is 35.5. The molecule has 1 aliphatic rings. The number of nitriles is 1. The Morgan fingerprint density at radius 1 is 1.43 bits per heavy atom. The monoisotopic (exact) mass is 314 g/mol. The van der Waals surface area contributed by atoms with Crippen LogP contribution in [-0.4, -0.2) is 22.5 Å². The van der Waals surface area contributed by atoms with Crippen molar-refractivity contribution in [3.63, 3.8) is 0 Å². The first-order chi connectivity index (χ1) is 9.80. The number of nitrogens with one attached hydrogen (secondary N) is 1. The highest BCUT2D eigenvalue weighted by Gasteiger charge is 2.61. The average Bonchev–Trinajstić information content (AvgIpc) is 2.42. The predicted octanol–water partition coefficient (Wildman–Crippen LogP) is 2.57. The molecule has 1 fully saturated rings. The molecule has 1 saturated carbocycles. The summed E-state index contributed by atoms with van der Waals surface area (Å²) in [6.45, 7) is 0. The molecule has 1 amide bonds. The first kappa shape index (κ1) is 15.7. The van der Waals surface area contributed by atoms with Gasteiger partial charge < -0.3 is 10.4 Å². The van der Waals surface area contributed by atoms with Crippen molar-refractivity contribution >= 4 is 17.5 Å². The van der Waals surface area contributed by atoms with Gasteiger partial charge >= 0.3 is 5.92 Å². The zero-order valence-corrected chi connectivity index (χ0v) is 11.7. The number of halogens is 3. The van der Waals surface area contributed by atoms with Gasteiger partial charge in [-0.15, -0.1) is 0 Å². The fourth-order valence-electron chi connectivity index (χ4n) is 2.10. The summed E-state index contributed by atoms with van der Waals surface area (Å²) in [5, 5.41) is 21.1. The summed E-state index contributed by atoms with van der Waals surface area (Å²) < 4.78 is 27.9. The number of hydrogen-bond donors (Lipinski definition) is 2. The van der Waals surface area contributed by atoms with E-state index in [1.807, 2.05) is 5.32 Å². The van der Waals surface area contributed by atoms with E-state index in [2.05, 4.69) is 0 Å². The summed E-state index contributed by atoms with van der Waals surface area (Å²) in [4.78, 5) is 11.7. The second-order valence-corrected chi connectivity index (χ2v) is 5.48. The molecule has 4 nitrogen and oxygen atoms in total. The fraction of sp³-hybridized carbons (Fsp3) is 0.429. The average molecular weight is 315 g/mol. The van der Waals surface area contributed by atoms with E-state index >= 15 is 0 Å². The maximum absolute atomic E-state index is 13.9. The molecule has 1 unspecified atom stereocenters. The Labute approximate surface area is 125 Å². The Morgan fingerprint density at radius 2 is 2.00 bits per heavy atom. The van der Waals surface area contributed by atoms with Gasteiger partial charge in [0.25, 0.3) is 5.91 Å². The van der Waals surface area contributed by atoms with Gasteiger partial charge in [-0.05, 0) is 37.0 Å². The highest BCUT2D eigenvalue weighted by Crippen LogP contribution is 2.44. The second kappa shape index (κ2) is 5.58. The maximum Gasteiger partial charge on any atom is 0.352 e. The Balaban J connectivity index is 2.13. The Morgan fingerprint density at radius 3 is 2.43 bits per heavy atom. The van der Waals surface area contributed by atoms with Gasteiger partial charge in [0.15, 0.2) is 0 Å². The number of benzene rings is 1. The molecule has 1 aromatic carbocycles. The molecule has 7 heteroatoms. The number of hydrogen-bond acceptors (Lipinski definition) is 3. The van der Waals surface area contributed by atoms with Gasteiger partial charge in [-0.3, -0.25) is 4.79 Å². The van der Waals surface area contributed by atoms with Crippen LogP contribution >= 0.6 is 11.6 Å². The third-order valence-electron chi connectivity index (χ3n) is 3.66. The number of rotatable bonds is 4. The van der Waals surface area contributed by atoms with Crippen molar-refractivity contribution in [2.24, 2.45) is 0 Å². The molecule has 1 aromatic rings. The minimum Gasteiger partial charge on any atom is -0.383 e. The number of alkyl halides is 2. The van der Waals surface area contributed by atoms with Crippen LogP contribution in [0.1, 0.15) is 30.9 Å². The lowest BCUT2D eigenvalue weighted by Crippen LogP contribution is -2.60. The van der Waals surface area contributed by atoms with Crippen molar-refractivity contribution in [3.05, 3.63) is 34.9 Å². The molecule has 21 heavy (non-hydrogen) atoms. The van der Waals surface area contributed by atoms with Crippen molar-refractivity contribution in [2.75, 3.05) is 0 Å². The summed E-state index contributed by atoms with van der Waals surface area (Å²) in [6, 6.07) is 6.42. The number of carbonyl (C=O) groups excluding carboxylic acids is 1. The number of carbonyl (C=O) groups is 1. The Bertz CT molecular complexity index is 580. The van der Waals surface area contributed by atoms with Crippen LogP contribution in [0.4, 0.5) is 8.78 Å². The smallest absolute Gasteiger partial charge is 0.352 e. The van der Waals surface area contributed by atoms with E-state index in [1.165, 1.54) is 24.3 Å². The molecule has 2 rings (SSSR count). The van der Waals surface area contributed by atoms with E-state index < -0.39 is 23.5 Å². The van der Waals surface area contributed by atoms with Crippen LogP contribution in [0.3, 0.4) is 0 Å². The first-order valence-corrected chi connectivity index (χ1v) is 6.74. The Kier molecular flexibility index (Phi) is 4.17. The van der Waals surface area contributed by atoms with Crippen LogP contribution in [0.5, 0.6) is 0 Å². The molecule has 0 heterocycles. The topological polar surface area (TPSA) is 73.1 Å². The first-order valence-electron chi connectivity index (χ1n) is 6.36. The summed E-state index contributed by atoms with van der Waals surface area (Å²) in [7, 11) is 0. The number of amides is 1. The molecule has 0 aromatic heterocycles. The largest absolute Gasteiger partial charge is 0.383 e. The molecule has 1 atom stereocenters. The fourth-order valence-corrected chi connectivity index (χ4v) is 2.23. The van der Waals surface area contributed by atoms with Gasteiger partial charge in [-0.2, -0.15) is 14.0 Å². The SMILES string of the molecule is N#CC(NC(=O)C(F)(F)C1(O)CCC1)c1ccc(Cl)cc1. The normalized spacial score (nSPS) is 18.2. The van der Waals surface area contributed by atoms with Crippen LogP contribution < -0.4 is 5.32 Å². The minimum atomic E-state index is -3.92. The zero-order valence-electron chi connectivity index (χ0n) is 10.9. The molecular weight excluding hydrogens is 302 g/mol. The number of nitrogens with zero attached hydrogens (tertiary/aromatic N) is 1. The lowest BCUT2D eigenvalue weighted by atomic mass is 9.75. The van der Waals surface area contributed by atoms with Crippen LogP contribution in [0.15, 0.2) is 24.3 Å². The van der Waals surface area contributed by atoms with Crippen molar-refractivity contribution in [2.45, 2.75) is 36.8 Å². The Hall–Kier alpha value is -1.71. The van der Waals surface area contributed by atoms with Crippen LogP contribution in [0, 0.1) is 11.3 Å². The third-order valence-corrected chi connectivity index (χ3v) is 3.91. The molecule has 0 aliphatic heterocycles. The van der Waals surface area contributed by atoms with Gasteiger partial charge in [0, 0.05) is 5.02 Å². The summed E-state index contributed by atoms with van der Waals surface area (Å²) >= 11 is 5.70. The zero-order chi connectivity index (χ0) is 15.7. The lowest BCUT2D eigenvalue weighted by Gasteiger charge is -2.41. The van der Waals surface area contributed by atoms with Crippen molar-refractivity contribution in [1.29, 1.82) is 5.26 Å². The van der Waals surface area contributed by atoms with Gasteiger partial charge in [-0.25, -0.2) is 0 Å². The van der Waals surface area contributed by atoms with Crippen LogP contribution in [0.2, 0.25) is 5.02 Å². The summed E-state index contributed by atoms with van der Waals surface area (Å²) in [5.41, 5.74) is -1.97. The lowest BCUT2D eigenvalue weighted by molar-refractivity contribution is -0.216. The molecule has 112 valence electrons. The summed E-state index contributed by atoms with van der Waals surface area (Å²) in [6.07, 6.45) is 0.176. The number of aliphatic hydroxyl groups is 1. The van der Waals surface area contributed by atoms with Gasteiger partial charge in [-0.1, -0.05) is 23.7 Å². The molecular formula is C14H13ClF2N2O2. The van der Waals surface area contributed by atoms with E-state index in [0.717, 1.165) is 0 Å².